The number of hydrogen-bond acceptors (Lipinski definition) is 5. The van der Waals surface area contributed by atoms with Crippen LogP contribution in [0.2, 0.25) is 0 Å². The fourth-order valence-electron chi connectivity index (χ4n) is 3.05. The number of rotatable bonds is 6. The van der Waals surface area contributed by atoms with Crippen molar-refractivity contribution in [2.45, 2.75) is 12.8 Å². The number of nitro groups is 1. The number of benzene rings is 2. The van der Waals surface area contributed by atoms with Gasteiger partial charge in [0.1, 0.15) is 12.2 Å². The molecule has 0 aromatic heterocycles. The number of anilines is 1. The Labute approximate surface area is 160 Å². The normalized spacial score (nSPS) is 13.4. The molecule has 1 heterocycles. The van der Waals surface area contributed by atoms with Crippen LogP contribution in [0.3, 0.4) is 0 Å². The molecule has 1 aliphatic heterocycles. The zero-order valence-electron chi connectivity index (χ0n) is 14.9. The highest BCUT2D eigenvalue weighted by Gasteiger charge is 2.29. The molecule has 28 heavy (non-hydrogen) atoms. The third kappa shape index (κ3) is 3.83. The Kier molecular flexibility index (Phi) is 5.35. The van der Waals surface area contributed by atoms with Crippen molar-refractivity contribution in [3.8, 4) is 0 Å². The van der Waals surface area contributed by atoms with E-state index >= 15 is 0 Å². The van der Waals surface area contributed by atoms with Gasteiger partial charge in [-0.3, -0.25) is 29.4 Å². The number of amides is 3. The summed E-state index contributed by atoms with van der Waals surface area (Å²) in [6, 6.07) is 11.6. The fourth-order valence-corrected chi connectivity index (χ4v) is 3.05. The van der Waals surface area contributed by atoms with Crippen LogP contribution in [0.4, 0.5) is 11.4 Å². The molecule has 9 nitrogen and oxygen atoms in total. The summed E-state index contributed by atoms with van der Waals surface area (Å²) in [6.45, 7) is 0.457. The number of hydrogen-bond donors (Lipinski definition) is 1. The smallest absolute Gasteiger partial charge is 0.282 e. The summed E-state index contributed by atoms with van der Waals surface area (Å²) in [5, 5.41) is 11.3. The first-order valence-electron chi connectivity index (χ1n) is 8.61. The first kappa shape index (κ1) is 19.0. The first-order chi connectivity index (χ1) is 13.4. The molecule has 1 fully saturated rings. The molecule has 0 saturated carbocycles. The number of likely N-dealkylation sites (tertiary alicyclic amines) is 1. The van der Waals surface area contributed by atoms with Crippen LogP contribution in [-0.4, -0.2) is 40.8 Å². The van der Waals surface area contributed by atoms with E-state index in [-0.39, 0.29) is 29.4 Å². The quantitative estimate of drug-likeness (QED) is 0.603. The van der Waals surface area contributed by atoms with Gasteiger partial charge in [0.25, 0.3) is 11.6 Å². The van der Waals surface area contributed by atoms with Gasteiger partial charge in [-0.25, -0.2) is 0 Å². The van der Waals surface area contributed by atoms with Crippen molar-refractivity contribution in [2.24, 2.45) is 5.73 Å². The molecule has 2 aromatic rings. The lowest BCUT2D eigenvalue weighted by molar-refractivity contribution is -0.385. The summed E-state index contributed by atoms with van der Waals surface area (Å²) in [4.78, 5) is 50.0. The summed E-state index contributed by atoms with van der Waals surface area (Å²) < 4.78 is 0. The van der Waals surface area contributed by atoms with Gasteiger partial charge in [0.15, 0.2) is 0 Å². The molecule has 0 bridgehead atoms. The standard InChI is InChI=1S/C19H18N4O5/c20-18(25)13-7-9-14(10-8-13)22(12-21-11-3-6-17(21)24)19(26)15-4-1-2-5-16(15)23(27)28/h1-2,4-5,7-10H,3,6,11-12H2,(H2,20,25). The molecule has 3 amide bonds. The summed E-state index contributed by atoms with van der Waals surface area (Å²) in [5.41, 5.74) is 5.50. The van der Waals surface area contributed by atoms with Gasteiger partial charge in [-0.2, -0.15) is 0 Å². The maximum atomic E-state index is 13.2. The summed E-state index contributed by atoms with van der Waals surface area (Å²) in [6.07, 6.45) is 1.08. The number of primary amides is 1. The van der Waals surface area contributed by atoms with Crippen molar-refractivity contribution in [3.63, 3.8) is 0 Å². The van der Waals surface area contributed by atoms with E-state index in [0.717, 1.165) is 0 Å². The fraction of sp³-hybridized carbons (Fsp3) is 0.211. The lowest BCUT2D eigenvalue weighted by Crippen LogP contribution is -2.42. The third-order valence-corrected chi connectivity index (χ3v) is 4.52. The van der Waals surface area contributed by atoms with Gasteiger partial charge >= 0.3 is 0 Å². The number of nitrogens with zero attached hydrogens (tertiary/aromatic N) is 3. The average molecular weight is 382 g/mol. The highest BCUT2D eigenvalue weighted by Crippen LogP contribution is 2.25. The number of carbonyl (C=O) groups excluding carboxylic acids is 3. The van der Waals surface area contributed by atoms with Gasteiger partial charge in [-0.05, 0) is 36.8 Å². The topological polar surface area (TPSA) is 127 Å². The van der Waals surface area contributed by atoms with E-state index in [0.29, 0.717) is 25.1 Å². The van der Waals surface area contributed by atoms with Gasteiger partial charge in [0.05, 0.1) is 4.92 Å². The number of para-hydroxylation sites is 1. The van der Waals surface area contributed by atoms with E-state index in [1.165, 1.54) is 58.3 Å². The van der Waals surface area contributed by atoms with Crippen LogP contribution in [0.5, 0.6) is 0 Å². The lowest BCUT2D eigenvalue weighted by atomic mass is 10.1. The molecule has 9 heteroatoms. The molecule has 3 rings (SSSR count). The highest BCUT2D eigenvalue weighted by molar-refractivity contribution is 6.09. The van der Waals surface area contributed by atoms with E-state index in [4.69, 9.17) is 5.73 Å². The predicted octanol–water partition coefficient (Wildman–Crippen LogP) is 1.92. The van der Waals surface area contributed by atoms with Gasteiger partial charge < -0.3 is 10.6 Å². The van der Waals surface area contributed by atoms with Crippen LogP contribution >= 0.6 is 0 Å². The number of carbonyl (C=O) groups is 3. The minimum atomic E-state index is -0.622. The van der Waals surface area contributed by atoms with E-state index in [2.05, 4.69) is 0 Å². The van der Waals surface area contributed by atoms with Crippen molar-refractivity contribution in [2.75, 3.05) is 18.1 Å². The Bertz CT molecular complexity index is 942. The van der Waals surface area contributed by atoms with Crippen molar-refractivity contribution < 1.29 is 19.3 Å². The summed E-state index contributed by atoms with van der Waals surface area (Å²) in [7, 11) is 0. The van der Waals surface area contributed by atoms with Gasteiger partial charge in [-0.1, -0.05) is 12.1 Å². The third-order valence-electron chi connectivity index (χ3n) is 4.52. The van der Waals surface area contributed by atoms with Gasteiger partial charge in [-0.15, -0.1) is 0 Å². The van der Waals surface area contributed by atoms with Crippen molar-refractivity contribution >= 4 is 29.1 Å². The van der Waals surface area contributed by atoms with Crippen molar-refractivity contribution in [3.05, 3.63) is 69.8 Å². The van der Waals surface area contributed by atoms with Crippen LogP contribution in [-0.2, 0) is 4.79 Å². The Morgan fingerprint density at radius 1 is 1.14 bits per heavy atom. The molecular weight excluding hydrogens is 364 g/mol. The average Bonchev–Trinajstić information content (AvgIpc) is 3.10. The zero-order valence-corrected chi connectivity index (χ0v) is 14.9. The molecule has 0 unspecified atom stereocenters. The Hall–Kier alpha value is -3.75. The van der Waals surface area contributed by atoms with Crippen molar-refractivity contribution in [1.29, 1.82) is 0 Å². The molecule has 144 valence electrons. The second-order valence-electron chi connectivity index (χ2n) is 6.32. The molecule has 0 aliphatic carbocycles. The SMILES string of the molecule is NC(=O)c1ccc(N(CN2CCCC2=O)C(=O)c2ccccc2[N+](=O)[O-])cc1. The molecule has 1 saturated heterocycles. The predicted molar refractivity (Wildman–Crippen MR) is 101 cm³/mol. The number of nitro benzene ring substituents is 1. The van der Waals surface area contributed by atoms with E-state index in [1.54, 1.807) is 0 Å². The Morgan fingerprint density at radius 3 is 2.39 bits per heavy atom. The molecule has 0 radical (unpaired) electrons. The molecule has 0 spiro atoms. The van der Waals surface area contributed by atoms with Gasteiger partial charge in [0.2, 0.25) is 11.8 Å². The first-order valence-corrected chi connectivity index (χ1v) is 8.61. The van der Waals surface area contributed by atoms with Crippen LogP contribution in [0.25, 0.3) is 0 Å². The highest BCUT2D eigenvalue weighted by atomic mass is 16.6. The largest absolute Gasteiger partial charge is 0.366 e. The maximum Gasteiger partial charge on any atom is 0.282 e. The number of nitrogens with two attached hydrogens (primary N) is 1. The molecule has 0 atom stereocenters. The van der Waals surface area contributed by atoms with E-state index < -0.39 is 16.7 Å². The van der Waals surface area contributed by atoms with E-state index in [9.17, 15) is 24.5 Å². The summed E-state index contributed by atoms with van der Waals surface area (Å²) in [5.74, 6) is -1.31. The molecule has 1 aliphatic rings. The van der Waals surface area contributed by atoms with Crippen molar-refractivity contribution in [1.82, 2.24) is 4.90 Å². The maximum absolute atomic E-state index is 13.2. The van der Waals surface area contributed by atoms with Crippen LogP contribution in [0.1, 0.15) is 33.6 Å². The Morgan fingerprint density at radius 2 is 1.82 bits per heavy atom. The second-order valence-corrected chi connectivity index (χ2v) is 6.32. The molecule has 2 aromatic carbocycles. The van der Waals surface area contributed by atoms with E-state index in [1.807, 2.05) is 0 Å². The summed E-state index contributed by atoms with van der Waals surface area (Å²) >= 11 is 0. The van der Waals surface area contributed by atoms with Crippen LogP contribution in [0.15, 0.2) is 48.5 Å². The van der Waals surface area contributed by atoms with Gasteiger partial charge in [0, 0.05) is 30.3 Å². The van der Waals surface area contributed by atoms with Crippen LogP contribution in [0, 0.1) is 10.1 Å². The molecule has 2 N–H and O–H groups in total. The zero-order chi connectivity index (χ0) is 20.3. The van der Waals surface area contributed by atoms with Crippen LogP contribution < -0.4 is 10.6 Å². The minimum Gasteiger partial charge on any atom is -0.366 e. The molecular formula is C19H18N4O5. The minimum absolute atomic E-state index is 0.0420. The lowest BCUT2D eigenvalue weighted by Gasteiger charge is -2.28. The monoisotopic (exact) mass is 382 g/mol. The Balaban J connectivity index is 2.00. The second kappa shape index (κ2) is 7.87.